The van der Waals surface area contributed by atoms with E-state index in [0.717, 1.165) is 0 Å². The maximum Gasteiger partial charge on any atom is 0.338 e. The van der Waals surface area contributed by atoms with Crippen LogP contribution in [0.15, 0.2) is 23.8 Å². The van der Waals surface area contributed by atoms with Gasteiger partial charge in [0, 0.05) is 25.3 Å². The molecule has 2 saturated heterocycles. The van der Waals surface area contributed by atoms with E-state index >= 15 is 0 Å². The molecule has 0 saturated carbocycles. The number of rotatable bonds is 1. The number of ether oxygens (including phenoxy) is 4. The predicted octanol–water partition coefficient (Wildman–Crippen LogP) is 0.819. The van der Waals surface area contributed by atoms with Crippen LogP contribution in [0.4, 0.5) is 0 Å². The highest BCUT2D eigenvalue weighted by molar-refractivity contribution is 5.94. The molecule has 0 aromatic heterocycles. The van der Waals surface area contributed by atoms with Crippen molar-refractivity contribution in [2.24, 2.45) is 5.92 Å². The molecule has 7 heteroatoms. The summed E-state index contributed by atoms with van der Waals surface area (Å²) in [6, 6.07) is 0. The molecule has 4 aliphatic rings. The summed E-state index contributed by atoms with van der Waals surface area (Å²) in [5.74, 6) is -1.93. The Hall–Kier alpha value is -2.15. The van der Waals surface area contributed by atoms with Gasteiger partial charge in [-0.25, -0.2) is 9.59 Å². The number of hydrogen-bond acceptors (Lipinski definition) is 7. The Morgan fingerprint density at radius 1 is 1.33 bits per heavy atom. The Bertz CT molecular complexity index is 693. The lowest BCUT2D eigenvalue weighted by molar-refractivity contribution is -0.148. The van der Waals surface area contributed by atoms with E-state index in [1.807, 2.05) is 6.92 Å². The number of carbonyl (C=O) groups is 3. The van der Waals surface area contributed by atoms with E-state index in [1.165, 1.54) is 6.92 Å². The molecule has 1 aliphatic carbocycles. The second kappa shape index (κ2) is 4.92. The van der Waals surface area contributed by atoms with Crippen LogP contribution in [0.5, 0.6) is 0 Å². The Kier molecular flexibility index (Phi) is 3.16. The maximum absolute atomic E-state index is 12.3. The quantitative estimate of drug-likeness (QED) is 0.303. The summed E-state index contributed by atoms with van der Waals surface area (Å²) in [5.41, 5.74) is 0.105. The van der Waals surface area contributed by atoms with Crippen molar-refractivity contribution < 1.29 is 33.3 Å². The third-order valence-electron chi connectivity index (χ3n) is 5.23. The monoisotopic (exact) mass is 334 g/mol. The van der Waals surface area contributed by atoms with E-state index < -0.39 is 47.7 Å². The van der Waals surface area contributed by atoms with E-state index in [9.17, 15) is 14.4 Å². The van der Waals surface area contributed by atoms with E-state index in [2.05, 4.69) is 6.58 Å². The highest BCUT2D eigenvalue weighted by Gasteiger charge is 2.60. The van der Waals surface area contributed by atoms with Crippen LogP contribution in [0, 0.1) is 5.92 Å². The minimum Gasteiger partial charge on any atom is -0.458 e. The highest BCUT2D eigenvalue weighted by Crippen LogP contribution is 2.49. The molecule has 0 radical (unpaired) electrons. The van der Waals surface area contributed by atoms with Gasteiger partial charge in [-0.05, 0) is 13.0 Å². The Morgan fingerprint density at radius 2 is 2.08 bits per heavy atom. The lowest BCUT2D eigenvalue weighted by Gasteiger charge is -2.23. The van der Waals surface area contributed by atoms with Gasteiger partial charge in [0.2, 0.25) is 0 Å². The van der Waals surface area contributed by atoms with Crippen LogP contribution >= 0.6 is 0 Å². The summed E-state index contributed by atoms with van der Waals surface area (Å²) in [5, 5.41) is 0. The van der Waals surface area contributed by atoms with Gasteiger partial charge < -0.3 is 18.9 Å². The van der Waals surface area contributed by atoms with E-state index in [0.29, 0.717) is 24.0 Å². The van der Waals surface area contributed by atoms with E-state index in [1.54, 1.807) is 6.08 Å². The summed E-state index contributed by atoms with van der Waals surface area (Å²) in [6.07, 6.45) is 0.501. The maximum atomic E-state index is 12.3. The number of epoxide rings is 1. The third kappa shape index (κ3) is 2.26. The van der Waals surface area contributed by atoms with Gasteiger partial charge in [-0.15, -0.1) is 0 Å². The van der Waals surface area contributed by atoms with E-state index in [4.69, 9.17) is 18.9 Å². The lowest BCUT2D eigenvalue weighted by Crippen LogP contribution is -2.33. The highest BCUT2D eigenvalue weighted by atomic mass is 16.6. The molecule has 24 heavy (non-hydrogen) atoms. The molecular weight excluding hydrogens is 316 g/mol. The first-order valence-corrected chi connectivity index (χ1v) is 7.96. The Morgan fingerprint density at radius 3 is 2.79 bits per heavy atom. The second-order valence-corrected chi connectivity index (χ2v) is 6.94. The van der Waals surface area contributed by atoms with Crippen LogP contribution < -0.4 is 0 Å². The fourth-order valence-electron chi connectivity index (χ4n) is 3.91. The van der Waals surface area contributed by atoms with Crippen molar-refractivity contribution in [1.82, 2.24) is 0 Å². The lowest BCUT2D eigenvalue weighted by atomic mass is 9.83. The summed E-state index contributed by atoms with van der Waals surface area (Å²) >= 11 is 0. The fraction of sp³-hybridized carbons (Fsp3) is 0.588. The molecule has 0 amide bonds. The largest absolute Gasteiger partial charge is 0.458 e. The minimum atomic E-state index is -0.713. The zero-order chi connectivity index (χ0) is 17.2. The van der Waals surface area contributed by atoms with Crippen molar-refractivity contribution in [2.45, 2.75) is 56.7 Å². The SMILES string of the molecule is C=C1C(=O)O[C@H]2C[C@@]3(C)O[C@H]3C[C@@H](OC(C)=O)C3=C[C@@H](OC3=O)[C@@H]12. The van der Waals surface area contributed by atoms with Crippen molar-refractivity contribution in [1.29, 1.82) is 0 Å². The number of hydrogen-bond donors (Lipinski definition) is 0. The Labute approximate surface area is 138 Å². The van der Waals surface area contributed by atoms with Gasteiger partial charge in [-0.3, -0.25) is 4.79 Å². The average Bonchev–Trinajstić information content (AvgIpc) is 2.80. The summed E-state index contributed by atoms with van der Waals surface area (Å²) in [4.78, 5) is 35.6. The summed E-state index contributed by atoms with van der Waals surface area (Å²) in [6.45, 7) is 7.02. The summed E-state index contributed by atoms with van der Waals surface area (Å²) < 4.78 is 21.9. The molecule has 2 fully saturated rings. The molecule has 6 atom stereocenters. The number of fused-ring (bicyclic) bond motifs is 4. The first kappa shape index (κ1) is 15.4. The average molecular weight is 334 g/mol. The Balaban J connectivity index is 1.73. The molecule has 0 aromatic rings. The molecule has 7 nitrogen and oxygen atoms in total. The van der Waals surface area contributed by atoms with Gasteiger partial charge in [-0.2, -0.15) is 0 Å². The third-order valence-corrected chi connectivity index (χ3v) is 5.23. The molecule has 3 heterocycles. The van der Waals surface area contributed by atoms with Crippen molar-refractivity contribution in [3.8, 4) is 0 Å². The smallest absolute Gasteiger partial charge is 0.338 e. The molecular formula is C17H18O7. The molecule has 128 valence electrons. The van der Waals surface area contributed by atoms with Crippen molar-refractivity contribution in [3.05, 3.63) is 23.8 Å². The van der Waals surface area contributed by atoms with E-state index in [-0.39, 0.29) is 6.10 Å². The van der Waals surface area contributed by atoms with Gasteiger partial charge in [0.1, 0.15) is 18.3 Å². The van der Waals surface area contributed by atoms with Crippen LogP contribution in [-0.2, 0) is 33.3 Å². The molecule has 2 bridgehead atoms. The molecule has 0 unspecified atom stereocenters. The van der Waals surface area contributed by atoms with Gasteiger partial charge in [0.05, 0.1) is 23.2 Å². The van der Waals surface area contributed by atoms with Gasteiger partial charge >= 0.3 is 17.9 Å². The van der Waals surface area contributed by atoms with Crippen LogP contribution in [0.2, 0.25) is 0 Å². The zero-order valence-corrected chi connectivity index (χ0v) is 13.4. The van der Waals surface area contributed by atoms with Crippen molar-refractivity contribution in [3.63, 3.8) is 0 Å². The normalized spacial score (nSPS) is 43.2. The van der Waals surface area contributed by atoms with Crippen LogP contribution in [0.3, 0.4) is 0 Å². The fourth-order valence-corrected chi connectivity index (χ4v) is 3.91. The predicted molar refractivity (Wildman–Crippen MR) is 78.5 cm³/mol. The standard InChI is InChI=1S/C17H18O7/c1-7-14-11-4-9(16(20)22-11)10(21-8(2)18)5-13-17(3,24-13)6-12(14)23-15(7)19/h4,10-14H,1,5-6H2,2-3H3/t10-,11-,12+,13+,14-,17-/m1/s1. The van der Waals surface area contributed by atoms with Gasteiger partial charge in [0.25, 0.3) is 0 Å². The number of carbonyl (C=O) groups excluding carboxylic acids is 3. The zero-order valence-electron chi connectivity index (χ0n) is 13.4. The van der Waals surface area contributed by atoms with Crippen LogP contribution in [0.25, 0.3) is 0 Å². The summed E-state index contributed by atoms with van der Waals surface area (Å²) in [7, 11) is 0. The minimum absolute atomic E-state index is 0.180. The first-order valence-electron chi connectivity index (χ1n) is 7.96. The van der Waals surface area contributed by atoms with Crippen LogP contribution in [-0.4, -0.2) is 47.9 Å². The van der Waals surface area contributed by atoms with Crippen molar-refractivity contribution >= 4 is 17.9 Å². The number of esters is 3. The second-order valence-electron chi connectivity index (χ2n) is 6.94. The molecule has 4 rings (SSSR count). The van der Waals surface area contributed by atoms with Gasteiger partial charge in [-0.1, -0.05) is 6.58 Å². The topological polar surface area (TPSA) is 91.4 Å². The van der Waals surface area contributed by atoms with Gasteiger partial charge in [0.15, 0.2) is 0 Å². The van der Waals surface area contributed by atoms with Crippen molar-refractivity contribution in [2.75, 3.05) is 0 Å². The molecule has 3 aliphatic heterocycles. The molecule has 0 N–H and O–H groups in total. The molecule has 0 aromatic carbocycles. The first-order chi connectivity index (χ1) is 11.3. The van der Waals surface area contributed by atoms with Crippen LogP contribution in [0.1, 0.15) is 26.7 Å². The molecule has 0 spiro atoms.